The number of rotatable bonds is 4. The maximum absolute atomic E-state index is 5.59. The summed E-state index contributed by atoms with van der Waals surface area (Å²) < 4.78 is 5.27. The van der Waals surface area contributed by atoms with Crippen molar-refractivity contribution in [3.05, 3.63) is 40.1 Å². The van der Waals surface area contributed by atoms with Crippen LogP contribution in [0.15, 0.2) is 23.7 Å². The highest BCUT2D eigenvalue weighted by molar-refractivity contribution is 7.09. The summed E-state index contributed by atoms with van der Waals surface area (Å²) in [5.41, 5.74) is 4.32. The van der Waals surface area contributed by atoms with E-state index >= 15 is 0 Å². The number of ether oxygens (including phenoxy) is 1. The third kappa shape index (κ3) is 2.44. The van der Waals surface area contributed by atoms with Gasteiger partial charge in [0.15, 0.2) is 0 Å². The fourth-order valence-electron chi connectivity index (χ4n) is 1.61. The fourth-order valence-corrected chi connectivity index (χ4v) is 2.25. The lowest BCUT2D eigenvalue weighted by molar-refractivity contribution is 0.399. The van der Waals surface area contributed by atoms with Crippen LogP contribution in [-0.4, -0.2) is 17.1 Å². The van der Waals surface area contributed by atoms with Gasteiger partial charge in [0, 0.05) is 11.6 Å². The smallest absolute Gasteiger partial charge is 0.142 e. The number of aryl methyl sites for hydroxylation is 1. The molecular formula is C11H14N4OS. The van der Waals surface area contributed by atoms with E-state index < -0.39 is 0 Å². The molecule has 0 aliphatic carbocycles. The number of nitrogens with zero attached hydrogens (tertiary/aromatic N) is 2. The zero-order valence-corrected chi connectivity index (χ0v) is 10.5. The summed E-state index contributed by atoms with van der Waals surface area (Å²) >= 11 is 1.58. The molecule has 2 heterocycles. The molecule has 0 fully saturated rings. The molecule has 0 saturated carbocycles. The van der Waals surface area contributed by atoms with Crippen molar-refractivity contribution in [2.24, 2.45) is 5.84 Å². The largest absolute Gasteiger partial charge is 0.495 e. The van der Waals surface area contributed by atoms with Gasteiger partial charge in [-0.3, -0.25) is 10.8 Å². The van der Waals surface area contributed by atoms with E-state index in [4.69, 9.17) is 10.6 Å². The highest BCUT2D eigenvalue weighted by atomic mass is 32.1. The summed E-state index contributed by atoms with van der Waals surface area (Å²) in [7, 11) is 1.61. The van der Waals surface area contributed by atoms with Gasteiger partial charge in [0.2, 0.25) is 0 Å². The van der Waals surface area contributed by atoms with E-state index in [-0.39, 0.29) is 6.04 Å². The Labute approximate surface area is 104 Å². The molecule has 17 heavy (non-hydrogen) atoms. The highest BCUT2D eigenvalue weighted by Crippen LogP contribution is 2.27. The van der Waals surface area contributed by atoms with Gasteiger partial charge in [0.1, 0.15) is 17.5 Å². The van der Waals surface area contributed by atoms with Crippen LogP contribution >= 0.6 is 11.3 Å². The Morgan fingerprint density at radius 3 is 2.94 bits per heavy atom. The van der Waals surface area contributed by atoms with Gasteiger partial charge in [0.25, 0.3) is 0 Å². The molecule has 0 aliphatic heterocycles. The Morgan fingerprint density at radius 2 is 2.35 bits per heavy atom. The maximum atomic E-state index is 5.59. The molecule has 2 aromatic heterocycles. The monoisotopic (exact) mass is 250 g/mol. The van der Waals surface area contributed by atoms with Crippen LogP contribution in [0.1, 0.15) is 22.4 Å². The van der Waals surface area contributed by atoms with Crippen molar-refractivity contribution in [1.82, 2.24) is 15.4 Å². The lowest BCUT2D eigenvalue weighted by atomic mass is 10.1. The molecule has 2 aromatic rings. The number of nitrogens with one attached hydrogen (secondary N) is 1. The Morgan fingerprint density at radius 1 is 1.53 bits per heavy atom. The van der Waals surface area contributed by atoms with Crippen LogP contribution in [0, 0.1) is 6.92 Å². The van der Waals surface area contributed by atoms with Crippen LogP contribution in [0.4, 0.5) is 0 Å². The summed E-state index contributed by atoms with van der Waals surface area (Å²) in [6, 6.07) is 3.42. The predicted octanol–water partition coefficient (Wildman–Crippen LogP) is 1.41. The second-order valence-corrected chi connectivity index (χ2v) is 4.54. The molecule has 90 valence electrons. The summed E-state index contributed by atoms with van der Waals surface area (Å²) in [5.74, 6) is 6.28. The van der Waals surface area contributed by atoms with Gasteiger partial charge in [-0.2, -0.15) is 0 Å². The number of aromatic nitrogens is 2. The molecule has 3 N–H and O–H groups in total. The Hall–Kier alpha value is -1.50. The fraction of sp³-hybridized carbons (Fsp3) is 0.273. The Bertz CT molecular complexity index is 500. The van der Waals surface area contributed by atoms with Crippen LogP contribution in [0.2, 0.25) is 0 Å². The minimum Gasteiger partial charge on any atom is -0.495 e. The van der Waals surface area contributed by atoms with Crippen LogP contribution < -0.4 is 16.0 Å². The van der Waals surface area contributed by atoms with E-state index in [2.05, 4.69) is 15.4 Å². The molecule has 0 radical (unpaired) electrons. The molecule has 2 rings (SSSR count). The van der Waals surface area contributed by atoms with Crippen molar-refractivity contribution in [2.45, 2.75) is 13.0 Å². The Balaban J connectivity index is 2.41. The number of thiazole rings is 1. The van der Waals surface area contributed by atoms with Crippen LogP contribution in [0.25, 0.3) is 0 Å². The summed E-state index contributed by atoms with van der Waals surface area (Å²) in [4.78, 5) is 8.72. The van der Waals surface area contributed by atoms with Gasteiger partial charge in [-0.25, -0.2) is 10.4 Å². The van der Waals surface area contributed by atoms with Gasteiger partial charge in [-0.05, 0) is 19.1 Å². The average Bonchev–Trinajstić information content (AvgIpc) is 2.77. The van der Waals surface area contributed by atoms with E-state index in [1.54, 1.807) is 24.6 Å². The molecule has 0 spiro atoms. The van der Waals surface area contributed by atoms with Gasteiger partial charge in [-0.1, -0.05) is 0 Å². The van der Waals surface area contributed by atoms with E-state index in [0.29, 0.717) is 5.75 Å². The van der Waals surface area contributed by atoms with Gasteiger partial charge in [0.05, 0.1) is 17.8 Å². The van der Waals surface area contributed by atoms with Gasteiger partial charge < -0.3 is 4.74 Å². The summed E-state index contributed by atoms with van der Waals surface area (Å²) in [6.45, 7) is 1.96. The summed E-state index contributed by atoms with van der Waals surface area (Å²) in [5, 5.41) is 2.96. The first-order valence-corrected chi connectivity index (χ1v) is 6.01. The molecule has 0 amide bonds. The predicted molar refractivity (Wildman–Crippen MR) is 66.8 cm³/mol. The van der Waals surface area contributed by atoms with Crippen molar-refractivity contribution in [3.63, 3.8) is 0 Å². The molecule has 6 heteroatoms. The lowest BCUT2D eigenvalue weighted by Crippen LogP contribution is -2.30. The minimum atomic E-state index is -0.254. The molecule has 1 unspecified atom stereocenters. The normalized spacial score (nSPS) is 12.4. The van der Waals surface area contributed by atoms with Crippen LogP contribution in [-0.2, 0) is 0 Å². The first kappa shape index (κ1) is 12.0. The quantitative estimate of drug-likeness (QED) is 0.634. The number of nitrogens with two attached hydrogens (primary N) is 1. The topological polar surface area (TPSA) is 73.1 Å². The summed E-state index contributed by atoms with van der Waals surface area (Å²) in [6.07, 6.45) is 1.71. The van der Waals surface area contributed by atoms with E-state index in [1.807, 2.05) is 24.4 Å². The second kappa shape index (κ2) is 5.22. The zero-order valence-electron chi connectivity index (χ0n) is 9.68. The SMILES string of the molecule is COc1cccnc1C(NN)c1csc(C)n1. The van der Waals surface area contributed by atoms with Crippen molar-refractivity contribution >= 4 is 11.3 Å². The standard InChI is InChI=1S/C11H14N4OS/c1-7-14-8(6-17-7)10(15-12)11-9(16-2)4-3-5-13-11/h3-6,10,15H,12H2,1-2H3. The molecule has 0 aliphatic rings. The number of methoxy groups -OCH3 is 1. The van der Waals surface area contributed by atoms with E-state index in [0.717, 1.165) is 16.4 Å². The highest BCUT2D eigenvalue weighted by Gasteiger charge is 2.20. The third-order valence-electron chi connectivity index (χ3n) is 2.39. The third-order valence-corrected chi connectivity index (χ3v) is 3.18. The van der Waals surface area contributed by atoms with Crippen molar-refractivity contribution in [2.75, 3.05) is 7.11 Å². The van der Waals surface area contributed by atoms with E-state index in [9.17, 15) is 0 Å². The number of hydrogen-bond donors (Lipinski definition) is 2. The average molecular weight is 250 g/mol. The number of hydrazine groups is 1. The van der Waals surface area contributed by atoms with Crippen molar-refractivity contribution < 1.29 is 4.74 Å². The second-order valence-electron chi connectivity index (χ2n) is 3.48. The molecular weight excluding hydrogens is 236 g/mol. The minimum absolute atomic E-state index is 0.254. The Kier molecular flexibility index (Phi) is 3.68. The molecule has 5 nitrogen and oxygen atoms in total. The first-order valence-electron chi connectivity index (χ1n) is 5.13. The first-order chi connectivity index (χ1) is 8.26. The molecule has 0 saturated heterocycles. The molecule has 0 aromatic carbocycles. The van der Waals surface area contributed by atoms with Crippen LogP contribution in [0.3, 0.4) is 0 Å². The maximum Gasteiger partial charge on any atom is 0.142 e. The zero-order chi connectivity index (χ0) is 12.3. The van der Waals surface area contributed by atoms with Crippen molar-refractivity contribution in [3.8, 4) is 5.75 Å². The number of hydrogen-bond acceptors (Lipinski definition) is 6. The number of pyridine rings is 1. The van der Waals surface area contributed by atoms with E-state index in [1.165, 1.54) is 0 Å². The van der Waals surface area contributed by atoms with Crippen LogP contribution in [0.5, 0.6) is 5.75 Å². The molecule has 0 bridgehead atoms. The van der Waals surface area contributed by atoms with Crippen molar-refractivity contribution in [1.29, 1.82) is 0 Å². The lowest BCUT2D eigenvalue weighted by Gasteiger charge is -2.15. The van der Waals surface area contributed by atoms with Gasteiger partial charge in [-0.15, -0.1) is 11.3 Å². The van der Waals surface area contributed by atoms with Gasteiger partial charge >= 0.3 is 0 Å². The molecule has 1 atom stereocenters.